The fourth-order valence-corrected chi connectivity index (χ4v) is 3.31. The van der Waals surface area contributed by atoms with E-state index in [4.69, 9.17) is 17.3 Å². The van der Waals surface area contributed by atoms with Crippen molar-refractivity contribution in [2.45, 2.75) is 17.9 Å². The van der Waals surface area contributed by atoms with Crippen LogP contribution in [0.5, 0.6) is 0 Å². The van der Waals surface area contributed by atoms with Crippen LogP contribution in [0.1, 0.15) is 18.5 Å². The Morgan fingerprint density at radius 1 is 1.25 bits per heavy atom. The van der Waals surface area contributed by atoms with E-state index in [1.54, 1.807) is 31.5 Å². The van der Waals surface area contributed by atoms with E-state index in [0.717, 1.165) is 5.56 Å². The van der Waals surface area contributed by atoms with Crippen LogP contribution < -0.4 is 10.5 Å². The van der Waals surface area contributed by atoms with Gasteiger partial charge in [0.15, 0.2) is 0 Å². The molecule has 0 aliphatic carbocycles. The van der Waals surface area contributed by atoms with Gasteiger partial charge < -0.3 is 5.73 Å². The lowest BCUT2D eigenvalue weighted by Gasteiger charge is -2.15. The van der Waals surface area contributed by atoms with Crippen molar-refractivity contribution in [1.29, 1.82) is 0 Å². The topological polar surface area (TPSA) is 85.1 Å². The van der Waals surface area contributed by atoms with Crippen molar-refractivity contribution in [3.63, 3.8) is 0 Å². The summed E-state index contributed by atoms with van der Waals surface area (Å²) < 4.78 is 27.2. The van der Waals surface area contributed by atoms with E-state index >= 15 is 0 Å². The molecule has 0 bridgehead atoms. The van der Waals surface area contributed by atoms with Crippen molar-refractivity contribution in [3.05, 3.63) is 53.3 Å². The van der Waals surface area contributed by atoms with Crippen LogP contribution in [-0.4, -0.2) is 13.4 Å². The molecule has 5 nitrogen and oxygen atoms in total. The molecule has 0 amide bonds. The first kappa shape index (κ1) is 14.8. The Morgan fingerprint density at radius 3 is 2.50 bits per heavy atom. The fourth-order valence-electron chi connectivity index (χ4n) is 1.78. The first-order valence-electron chi connectivity index (χ1n) is 5.87. The molecule has 1 unspecified atom stereocenters. The highest BCUT2D eigenvalue weighted by Gasteiger charge is 2.20. The number of anilines is 1. The lowest BCUT2D eigenvalue weighted by atomic mass is 10.1. The van der Waals surface area contributed by atoms with Gasteiger partial charge in [-0.3, -0.25) is 4.98 Å². The van der Waals surface area contributed by atoms with Crippen LogP contribution in [-0.2, 0) is 10.0 Å². The fraction of sp³-hybridized carbons (Fsp3) is 0.154. The van der Waals surface area contributed by atoms with E-state index in [0.29, 0.717) is 5.02 Å². The lowest BCUT2D eigenvalue weighted by Crippen LogP contribution is -2.27. The molecule has 0 aliphatic heterocycles. The number of benzene rings is 1. The van der Waals surface area contributed by atoms with E-state index in [1.807, 2.05) is 0 Å². The zero-order valence-electron chi connectivity index (χ0n) is 10.7. The van der Waals surface area contributed by atoms with Gasteiger partial charge >= 0.3 is 0 Å². The largest absolute Gasteiger partial charge is 0.398 e. The van der Waals surface area contributed by atoms with E-state index in [-0.39, 0.29) is 10.6 Å². The molecule has 1 atom stereocenters. The quantitative estimate of drug-likeness (QED) is 0.849. The summed E-state index contributed by atoms with van der Waals surface area (Å²) in [7, 11) is -3.71. The van der Waals surface area contributed by atoms with Gasteiger partial charge in [-0.05, 0) is 42.8 Å². The van der Waals surface area contributed by atoms with Crippen LogP contribution >= 0.6 is 11.6 Å². The Labute approximate surface area is 122 Å². The van der Waals surface area contributed by atoms with Crippen molar-refractivity contribution in [1.82, 2.24) is 9.71 Å². The molecule has 20 heavy (non-hydrogen) atoms. The minimum absolute atomic E-state index is 0.0165. The van der Waals surface area contributed by atoms with Crippen LogP contribution in [0.25, 0.3) is 0 Å². The molecule has 2 rings (SSSR count). The van der Waals surface area contributed by atoms with E-state index < -0.39 is 16.1 Å². The van der Waals surface area contributed by atoms with Gasteiger partial charge in [-0.1, -0.05) is 11.6 Å². The highest BCUT2D eigenvalue weighted by molar-refractivity contribution is 7.89. The third-order valence-electron chi connectivity index (χ3n) is 2.80. The van der Waals surface area contributed by atoms with Crippen LogP contribution in [0.4, 0.5) is 5.69 Å². The molecule has 3 N–H and O–H groups in total. The summed E-state index contributed by atoms with van der Waals surface area (Å²) in [6.07, 6.45) is 3.22. The lowest BCUT2D eigenvalue weighted by molar-refractivity contribution is 0.567. The Kier molecular flexibility index (Phi) is 4.27. The average Bonchev–Trinajstić information content (AvgIpc) is 2.38. The van der Waals surface area contributed by atoms with Gasteiger partial charge in [0, 0.05) is 23.5 Å². The second-order valence-electron chi connectivity index (χ2n) is 4.31. The van der Waals surface area contributed by atoms with Gasteiger partial charge in [-0.25, -0.2) is 13.1 Å². The number of hydrogen-bond acceptors (Lipinski definition) is 4. The number of nitrogens with two attached hydrogens (primary N) is 1. The van der Waals surface area contributed by atoms with Crippen molar-refractivity contribution in [2.75, 3.05) is 5.73 Å². The molecule has 0 radical (unpaired) electrons. The molecule has 1 aromatic heterocycles. The number of nitrogens with one attached hydrogen (secondary N) is 1. The van der Waals surface area contributed by atoms with E-state index in [2.05, 4.69) is 9.71 Å². The Bertz CT molecular complexity index is 705. The summed E-state index contributed by atoms with van der Waals surface area (Å²) in [5, 5.41) is 0.392. The SMILES string of the molecule is CC(NS(=O)(=O)c1ccc(Cl)cc1N)c1ccncc1. The molecule has 106 valence electrons. The Morgan fingerprint density at radius 2 is 1.90 bits per heavy atom. The van der Waals surface area contributed by atoms with Crippen LogP contribution in [0.3, 0.4) is 0 Å². The highest BCUT2D eigenvalue weighted by Crippen LogP contribution is 2.24. The number of aromatic nitrogens is 1. The van der Waals surface area contributed by atoms with Gasteiger partial charge in [-0.2, -0.15) is 0 Å². The molecule has 0 saturated heterocycles. The van der Waals surface area contributed by atoms with Gasteiger partial charge in [0.1, 0.15) is 4.90 Å². The summed E-state index contributed by atoms with van der Waals surface area (Å²) in [6.45, 7) is 1.75. The summed E-state index contributed by atoms with van der Waals surface area (Å²) in [5.74, 6) is 0. The standard InChI is InChI=1S/C13H14ClN3O2S/c1-9(10-4-6-16-7-5-10)17-20(18,19)13-3-2-11(14)8-12(13)15/h2-9,17H,15H2,1H3. The normalized spacial score (nSPS) is 13.1. The summed E-state index contributed by atoms with van der Waals surface area (Å²) in [6, 6.07) is 7.39. The average molecular weight is 312 g/mol. The maximum absolute atomic E-state index is 12.3. The first-order valence-corrected chi connectivity index (χ1v) is 7.73. The Balaban J connectivity index is 2.28. The van der Waals surface area contributed by atoms with Crippen LogP contribution in [0.15, 0.2) is 47.6 Å². The number of rotatable bonds is 4. The minimum Gasteiger partial charge on any atom is -0.398 e. The maximum atomic E-state index is 12.3. The third kappa shape index (κ3) is 3.27. The molecule has 2 aromatic rings. The molecule has 0 fully saturated rings. The number of nitrogen functional groups attached to an aromatic ring is 1. The van der Waals surface area contributed by atoms with Gasteiger partial charge in [0.2, 0.25) is 10.0 Å². The molecular weight excluding hydrogens is 298 g/mol. The zero-order chi connectivity index (χ0) is 14.8. The highest BCUT2D eigenvalue weighted by atomic mass is 35.5. The van der Waals surface area contributed by atoms with Crippen LogP contribution in [0, 0.1) is 0 Å². The predicted molar refractivity (Wildman–Crippen MR) is 78.8 cm³/mol. The molecule has 0 saturated carbocycles. The number of hydrogen-bond donors (Lipinski definition) is 2. The van der Waals surface area contributed by atoms with Gasteiger partial charge in [0.05, 0.1) is 5.69 Å². The second kappa shape index (κ2) is 5.78. The van der Waals surface area contributed by atoms with Gasteiger partial charge in [0.25, 0.3) is 0 Å². The van der Waals surface area contributed by atoms with Crippen molar-refractivity contribution in [3.8, 4) is 0 Å². The predicted octanol–water partition coefficient (Wildman–Crippen LogP) is 2.36. The molecule has 1 heterocycles. The van der Waals surface area contributed by atoms with E-state index in [1.165, 1.54) is 18.2 Å². The third-order valence-corrected chi connectivity index (χ3v) is 4.65. The number of pyridine rings is 1. The second-order valence-corrected chi connectivity index (χ2v) is 6.42. The molecule has 0 spiro atoms. The monoisotopic (exact) mass is 311 g/mol. The molecular formula is C13H14ClN3O2S. The first-order chi connectivity index (χ1) is 9.40. The Hall–Kier alpha value is -1.63. The maximum Gasteiger partial charge on any atom is 0.243 e. The van der Waals surface area contributed by atoms with E-state index in [9.17, 15) is 8.42 Å². The molecule has 7 heteroatoms. The summed E-state index contributed by atoms with van der Waals surface area (Å²) in [5.41, 5.74) is 6.64. The minimum atomic E-state index is -3.71. The smallest absolute Gasteiger partial charge is 0.243 e. The summed E-state index contributed by atoms with van der Waals surface area (Å²) >= 11 is 5.77. The zero-order valence-corrected chi connectivity index (χ0v) is 12.3. The van der Waals surface area contributed by atoms with Crippen molar-refractivity contribution < 1.29 is 8.42 Å². The van der Waals surface area contributed by atoms with Crippen LogP contribution in [0.2, 0.25) is 5.02 Å². The van der Waals surface area contributed by atoms with Gasteiger partial charge in [-0.15, -0.1) is 0 Å². The molecule has 1 aromatic carbocycles. The van der Waals surface area contributed by atoms with Crippen molar-refractivity contribution >= 4 is 27.3 Å². The number of sulfonamides is 1. The summed E-state index contributed by atoms with van der Waals surface area (Å²) in [4.78, 5) is 3.91. The number of nitrogens with zero attached hydrogens (tertiary/aromatic N) is 1. The number of halogens is 1. The van der Waals surface area contributed by atoms with Crippen molar-refractivity contribution in [2.24, 2.45) is 0 Å². The molecule has 0 aliphatic rings.